The number of rotatable bonds is 6. The van der Waals surface area contributed by atoms with Crippen molar-refractivity contribution in [2.24, 2.45) is 0 Å². The highest BCUT2D eigenvalue weighted by atomic mass is 16.2. The summed E-state index contributed by atoms with van der Waals surface area (Å²) in [6.45, 7) is 5.06. The smallest absolute Gasteiger partial charge is 0.223 e. The Morgan fingerprint density at radius 3 is 2.57 bits per heavy atom. The van der Waals surface area contributed by atoms with Gasteiger partial charge in [0.05, 0.1) is 0 Å². The Labute approximate surface area is 218 Å². The quantitative estimate of drug-likeness (QED) is 0.514. The molecule has 0 spiro atoms. The zero-order chi connectivity index (χ0) is 25.6. The Hall–Kier alpha value is -3.52. The van der Waals surface area contributed by atoms with E-state index in [0.29, 0.717) is 32.1 Å². The minimum atomic E-state index is 0.0408. The number of nitrogens with zero attached hydrogens (tertiary/aromatic N) is 6. The van der Waals surface area contributed by atoms with Crippen LogP contribution in [0.5, 0.6) is 0 Å². The van der Waals surface area contributed by atoms with Gasteiger partial charge in [0.15, 0.2) is 0 Å². The van der Waals surface area contributed by atoms with E-state index in [2.05, 4.69) is 33.2 Å². The van der Waals surface area contributed by atoms with Crippen LogP contribution in [0, 0.1) is 0 Å². The maximum absolute atomic E-state index is 13.6. The lowest BCUT2D eigenvalue weighted by atomic mass is 10.1. The maximum atomic E-state index is 13.6. The molecule has 3 aromatic rings. The predicted octanol–water partition coefficient (Wildman–Crippen LogP) is 3.88. The number of benzene rings is 1. The van der Waals surface area contributed by atoms with Crippen molar-refractivity contribution in [3.63, 3.8) is 0 Å². The lowest BCUT2D eigenvalue weighted by Gasteiger charge is -2.34. The topological polar surface area (TPSA) is 74.6 Å². The van der Waals surface area contributed by atoms with Crippen LogP contribution in [0.25, 0.3) is 0 Å². The Morgan fingerprint density at radius 2 is 1.78 bits per heavy atom. The molecule has 0 N–H and O–H groups in total. The highest BCUT2D eigenvalue weighted by molar-refractivity contribution is 5.92. The van der Waals surface area contributed by atoms with E-state index in [0.717, 1.165) is 50.0 Å². The molecule has 1 aromatic carbocycles. The first-order chi connectivity index (χ1) is 18.1. The summed E-state index contributed by atoms with van der Waals surface area (Å²) in [5, 5.41) is 4.26. The van der Waals surface area contributed by atoms with E-state index >= 15 is 0 Å². The second-order valence-corrected chi connectivity index (χ2v) is 10.1. The van der Waals surface area contributed by atoms with Gasteiger partial charge in [-0.15, -0.1) is 0 Å². The van der Waals surface area contributed by atoms with Crippen LogP contribution in [-0.2, 0) is 29.2 Å². The van der Waals surface area contributed by atoms with Gasteiger partial charge in [-0.2, -0.15) is 5.10 Å². The zero-order valence-electron chi connectivity index (χ0n) is 21.6. The predicted molar refractivity (Wildman–Crippen MR) is 143 cm³/mol. The highest BCUT2D eigenvalue weighted by Gasteiger charge is 2.36. The zero-order valence-corrected chi connectivity index (χ0v) is 21.6. The van der Waals surface area contributed by atoms with Crippen molar-refractivity contribution in [1.29, 1.82) is 0 Å². The molecule has 0 unspecified atom stereocenters. The maximum Gasteiger partial charge on any atom is 0.223 e. The summed E-state index contributed by atoms with van der Waals surface area (Å²) in [6, 6.07) is 14.7. The normalized spacial score (nSPS) is 20.4. The number of amides is 2. The minimum absolute atomic E-state index is 0.0408. The van der Waals surface area contributed by atoms with Crippen LogP contribution in [-0.4, -0.2) is 61.6 Å². The van der Waals surface area contributed by atoms with E-state index in [1.165, 1.54) is 5.56 Å². The molecule has 2 amide bonds. The first-order valence-electron chi connectivity index (χ1n) is 13.3. The molecule has 0 saturated carbocycles. The van der Waals surface area contributed by atoms with E-state index in [4.69, 9.17) is 0 Å². The van der Waals surface area contributed by atoms with Gasteiger partial charge in [-0.05, 0) is 61.1 Å². The monoisotopic (exact) mass is 500 g/mol. The summed E-state index contributed by atoms with van der Waals surface area (Å²) < 4.78 is 1.87. The lowest BCUT2D eigenvalue weighted by molar-refractivity contribution is -0.132. The number of pyridine rings is 1. The molecule has 8 heteroatoms. The van der Waals surface area contributed by atoms with Gasteiger partial charge in [-0.25, -0.2) is 0 Å². The van der Waals surface area contributed by atoms with Gasteiger partial charge < -0.3 is 9.80 Å². The third-order valence-electron chi connectivity index (χ3n) is 7.72. The van der Waals surface area contributed by atoms with E-state index in [9.17, 15) is 9.59 Å². The third-order valence-corrected chi connectivity index (χ3v) is 7.72. The van der Waals surface area contributed by atoms with Crippen LogP contribution in [0.4, 0.5) is 5.69 Å². The summed E-state index contributed by atoms with van der Waals surface area (Å²) in [5.74, 6) is 0.196. The van der Waals surface area contributed by atoms with Gasteiger partial charge in [0.1, 0.15) is 0 Å². The summed E-state index contributed by atoms with van der Waals surface area (Å²) in [7, 11) is 0. The molecule has 1 saturated heterocycles. The molecule has 1 fully saturated rings. The largest absolute Gasteiger partial charge is 0.337 e. The van der Waals surface area contributed by atoms with Crippen molar-refractivity contribution in [3.8, 4) is 0 Å². The SMILES string of the molecule is CC(=O)N1CC[C@H]2CC[C@@H](CN(C(=O)CCCn3cccn3)Cc3ccccc31)N2Cc1ccncc1. The van der Waals surface area contributed by atoms with E-state index < -0.39 is 0 Å². The molecule has 0 aliphatic carbocycles. The first kappa shape index (κ1) is 25.1. The van der Waals surface area contributed by atoms with E-state index in [1.54, 1.807) is 13.1 Å². The number of fused-ring (bicyclic) bond motifs is 3. The molecule has 0 radical (unpaired) electrons. The fourth-order valence-electron chi connectivity index (χ4n) is 5.81. The van der Waals surface area contributed by atoms with Crippen molar-refractivity contribution in [3.05, 3.63) is 78.4 Å². The molecule has 194 valence electrons. The standard InChI is InChI=1S/C29H36N6O2/c1-23(36)34-19-13-26-9-10-27(35(26)20-24-11-15-30-16-12-24)22-32(21-25-6-2-3-7-28(25)34)29(37)8-4-17-33-18-5-14-31-33/h2-3,5-7,11-12,14-16,18,26-27H,4,8-10,13,17,19-22H2,1H3/t26-,27+/m1/s1. The number of aryl methyl sites for hydroxylation is 1. The summed E-state index contributed by atoms with van der Waals surface area (Å²) >= 11 is 0. The fraction of sp³-hybridized carbons (Fsp3) is 0.448. The van der Waals surface area contributed by atoms with Crippen LogP contribution >= 0.6 is 0 Å². The first-order valence-corrected chi connectivity index (χ1v) is 13.3. The number of anilines is 1. The summed E-state index contributed by atoms with van der Waals surface area (Å²) in [4.78, 5) is 37.1. The van der Waals surface area contributed by atoms with Crippen molar-refractivity contribution in [2.75, 3.05) is 18.0 Å². The number of hydrogen-bond donors (Lipinski definition) is 0. The molecule has 37 heavy (non-hydrogen) atoms. The van der Waals surface area contributed by atoms with E-state index in [-0.39, 0.29) is 17.9 Å². The van der Waals surface area contributed by atoms with Crippen LogP contribution in [0.3, 0.4) is 0 Å². The molecular formula is C29H36N6O2. The Kier molecular flexibility index (Phi) is 7.94. The third kappa shape index (κ3) is 6.07. The number of para-hydroxylation sites is 1. The Balaban J connectivity index is 1.42. The molecule has 2 aliphatic rings. The Morgan fingerprint density at radius 1 is 0.973 bits per heavy atom. The number of aromatic nitrogens is 3. The van der Waals surface area contributed by atoms with Gasteiger partial charge in [-0.1, -0.05) is 18.2 Å². The van der Waals surface area contributed by atoms with Crippen LogP contribution in [0.1, 0.15) is 50.2 Å². The molecule has 2 bridgehead atoms. The van der Waals surface area contributed by atoms with Gasteiger partial charge >= 0.3 is 0 Å². The fourth-order valence-corrected chi connectivity index (χ4v) is 5.81. The van der Waals surface area contributed by atoms with Crippen molar-refractivity contribution in [2.45, 2.75) is 70.7 Å². The van der Waals surface area contributed by atoms with Crippen molar-refractivity contribution >= 4 is 17.5 Å². The molecular weight excluding hydrogens is 464 g/mol. The molecule has 2 atom stereocenters. The summed E-state index contributed by atoms with van der Waals surface area (Å²) in [5.41, 5.74) is 3.17. The summed E-state index contributed by atoms with van der Waals surface area (Å²) in [6.07, 6.45) is 11.6. The van der Waals surface area contributed by atoms with Crippen LogP contribution in [0.15, 0.2) is 67.3 Å². The highest BCUT2D eigenvalue weighted by Crippen LogP contribution is 2.32. The molecule has 2 aliphatic heterocycles. The Bertz CT molecular complexity index is 1180. The number of carbonyl (C=O) groups is 2. The second-order valence-electron chi connectivity index (χ2n) is 10.1. The van der Waals surface area contributed by atoms with E-state index in [1.807, 2.05) is 57.3 Å². The minimum Gasteiger partial charge on any atom is -0.337 e. The average Bonchev–Trinajstić information content (AvgIpc) is 3.54. The molecule has 8 nitrogen and oxygen atoms in total. The van der Waals surface area contributed by atoms with Gasteiger partial charge in [0, 0.05) is 88.6 Å². The molecule has 5 rings (SSSR count). The van der Waals surface area contributed by atoms with Crippen molar-refractivity contribution < 1.29 is 9.59 Å². The van der Waals surface area contributed by atoms with Gasteiger partial charge in [0.25, 0.3) is 0 Å². The second kappa shape index (κ2) is 11.7. The average molecular weight is 501 g/mol. The van der Waals surface area contributed by atoms with Crippen molar-refractivity contribution in [1.82, 2.24) is 24.6 Å². The van der Waals surface area contributed by atoms with Gasteiger partial charge in [0.2, 0.25) is 11.8 Å². The number of carbonyl (C=O) groups excluding carboxylic acids is 2. The molecule has 2 aromatic heterocycles. The number of hydrogen-bond acceptors (Lipinski definition) is 5. The lowest BCUT2D eigenvalue weighted by Crippen LogP contribution is -2.45. The van der Waals surface area contributed by atoms with Gasteiger partial charge in [-0.3, -0.25) is 24.2 Å². The van der Waals surface area contributed by atoms with Crippen LogP contribution in [0.2, 0.25) is 0 Å². The molecule has 4 heterocycles. The van der Waals surface area contributed by atoms with Crippen LogP contribution < -0.4 is 4.90 Å².